The number of hydrogen-bond acceptors (Lipinski definition) is 4. The third-order valence-corrected chi connectivity index (χ3v) is 3.27. The average Bonchev–Trinajstić information content (AvgIpc) is 2.24. The van der Waals surface area contributed by atoms with E-state index in [1.54, 1.807) is 24.5 Å². The number of pyridine rings is 1. The SMILES string of the molecule is CS(=O)(=O)N(CCC#N)Cc1cccnc1. The van der Waals surface area contributed by atoms with Gasteiger partial charge in [0.2, 0.25) is 10.0 Å². The van der Waals surface area contributed by atoms with Crippen LogP contribution in [0.2, 0.25) is 0 Å². The normalized spacial score (nSPS) is 11.3. The zero-order valence-corrected chi connectivity index (χ0v) is 9.81. The van der Waals surface area contributed by atoms with Crippen LogP contribution in [0, 0.1) is 11.3 Å². The Morgan fingerprint density at radius 1 is 1.56 bits per heavy atom. The lowest BCUT2D eigenvalue weighted by Crippen LogP contribution is -2.30. The van der Waals surface area contributed by atoms with Crippen LogP contribution in [0.25, 0.3) is 0 Å². The van der Waals surface area contributed by atoms with Crippen LogP contribution in [0.5, 0.6) is 0 Å². The van der Waals surface area contributed by atoms with Gasteiger partial charge in [-0.05, 0) is 11.6 Å². The number of nitriles is 1. The van der Waals surface area contributed by atoms with Gasteiger partial charge in [-0.3, -0.25) is 4.98 Å². The summed E-state index contributed by atoms with van der Waals surface area (Å²) in [6.07, 6.45) is 4.57. The van der Waals surface area contributed by atoms with E-state index in [1.807, 2.05) is 6.07 Å². The third kappa shape index (κ3) is 3.96. The minimum atomic E-state index is -3.28. The molecule has 0 atom stereocenters. The number of hydrogen-bond donors (Lipinski definition) is 0. The fourth-order valence-electron chi connectivity index (χ4n) is 1.23. The summed E-state index contributed by atoms with van der Waals surface area (Å²) in [5.74, 6) is 0. The summed E-state index contributed by atoms with van der Waals surface area (Å²) < 4.78 is 24.1. The first kappa shape index (κ1) is 12.6. The van der Waals surface area contributed by atoms with Gasteiger partial charge in [-0.2, -0.15) is 9.57 Å². The van der Waals surface area contributed by atoms with E-state index in [0.29, 0.717) is 0 Å². The Kier molecular flexibility index (Phi) is 4.40. The number of nitrogens with zero attached hydrogens (tertiary/aromatic N) is 3. The van der Waals surface area contributed by atoms with Crippen LogP contribution in [0.3, 0.4) is 0 Å². The molecule has 0 aliphatic rings. The number of rotatable bonds is 5. The maximum atomic E-state index is 11.4. The summed E-state index contributed by atoms with van der Waals surface area (Å²) in [5, 5.41) is 8.46. The van der Waals surface area contributed by atoms with Gasteiger partial charge in [-0.25, -0.2) is 8.42 Å². The van der Waals surface area contributed by atoms with Gasteiger partial charge in [0.15, 0.2) is 0 Å². The fourth-order valence-corrected chi connectivity index (χ4v) is 2.04. The molecule has 0 radical (unpaired) electrons. The Morgan fingerprint density at radius 3 is 2.81 bits per heavy atom. The largest absolute Gasteiger partial charge is 0.264 e. The lowest BCUT2D eigenvalue weighted by atomic mass is 10.3. The second-order valence-electron chi connectivity index (χ2n) is 3.37. The lowest BCUT2D eigenvalue weighted by molar-refractivity contribution is 0.417. The third-order valence-electron chi connectivity index (χ3n) is 2.02. The molecule has 1 aromatic rings. The molecule has 5 nitrogen and oxygen atoms in total. The van der Waals surface area contributed by atoms with Crippen LogP contribution in [-0.4, -0.2) is 30.5 Å². The van der Waals surface area contributed by atoms with Crippen molar-refractivity contribution in [1.82, 2.24) is 9.29 Å². The molecule has 86 valence electrons. The van der Waals surface area contributed by atoms with Crippen molar-refractivity contribution in [3.63, 3.8) is 0 Å². The monoisotopic (exact) mass is 239 g/mol. The summed E-state index contributed by atoms with van der Waals surface area (Å²) in [5.41, 5.74) is 0.811. The van der Waals surface area contributed by atoms with Crippen LogP contribution < -0.4 is 0 Å². The second-order valence-corrected chi connectivity index (χ2v) is 5.35. The van der Waals surface area contributed by atoms with E-state index in [9.17, 15) is 8.42 Å². The molecule has 0 aromatic carbocycles. The minimum absolute atomic E-state index is 0.188. The van der Waals surface area contributed by atoms with Gasteiger partial charge in [-0.1, -0.05) is 6.07 Å². The summed E-state index contributed by atoms with van der Waals surface area (Å²) in [7, 11) is -3.28. The number of sulfonamides is 1. The molecule has 0 amide bonds. The molecule has 0 spiro atoms. The van der Waals surface area contributed by atoms with E-state index < -0.39 is 10.0 Å². The van der Waals surface area contributed by atoms with Crippen molar-refractivity contribution >= 4 is 10.0 Å². The Balaban J connectivity index is 2.76. The van der Waals surface area contributed by atoms with Gasteiger partial charge < -0.3 is 0 Å². The van der Waals surface area contributed by atoms with Gasteiger partial charge >= 0.3 is 0 Å². The molecule has 0 unspecified atom stereocenters. The molecule has 0 saturated carbocycles. The fraction of sp³-hybridized carbons (Fsp3) is 0.400. The topological polar surface area (TPSA) is 74.1 Å². The summed E-state index contributed by atoms with van der Waals surface area (Å²) >= 11 is 0. The highest BCUT2D eigenvalue weighted by atomic mass is 32.2. The highest BCUT2D eigenvalue weighted by Crippen LogP contribution is 2.07. The zero-order chi connectivity index (χ0) is 12.0. The first-order valence-corrected chi connectivity index (χ1v) is 6.60. The lowest BCUT2D eigenvalue weighted by Gasteiger charge is -2.18. The minimum Gasteiger partial charge on any atom is -0.264 e. The van der Waals surface area contributed by atoms with Crippen molar-refractivity contribution in [2.75, 3.05) is 12.8 Å². The van der Waals surface area contributed by atoms with Crippen LogP contribution in [0.4, 0.5) is 0 Å². The summed E-state index contributed by atoms with van der Waals surface area (Å²) in [6.45, 7) is 0.471. The van der Waals surface area contributed by atoms with Crippen molar-refractivity contribution in [1.29, 1.82) is 5.26 Å². The van der Waals surface area contributed by atoms with E-state index in [2.05, 4.69) is 4.98 Å². The van der Waals surface area contributed by atoms with E-state index in [-0.39, 0.29) is 19.5 Å². The molecule has 6 heteroatoms. The molecule has 0 aliphatic heterocycles. The molecule has 16 heavy (non-hydrogen) atoms. The van der Waals surface area contributed by atoms with Gasteiger partial charge in [0.1, 0.15) is 0 Å². The summed E-state index contributed by atoms with van der Waals surface area (Å²) in [4.78, 5) is 3.91. The van der Waals surface area contributed by atoms with Crippen LogP contribution in [-0.2, 0) is 16.6 Å². The van der Waals surface area contributed by atoms with Crippen molar-refractivity contribution in [2.24, 2.45) is 0 Å². The molecule has 1 heterocycles. The molecule has 1 aromatic heterocycles. The molecule has 1 rings (SSSR count). The predicted molar refractivity (Wildman–Crippen MR) is 59.7 cm³/mol. The predicted octanol–water partition coefficient (Wildman–Crippen LogP) is 0.757. The quantitative estimate of drug-likeness (QED) is 0.760. The van der Waals surface area contributed by atoms with Gasteiger partial charge in [-0.15, -0.1) is 0 Å². The highest BCUT2D eigenvalue weighted by Gasteiger charge is 2.16. The maximum absolute atomic E-state index is 11.4. The zero-order valence-electron chi connectivity index (χ0n) is 9.00. The van der Waals surface area contributed by atoms with Gasteiger partial charge in [0.05, 0.1) is 12.3 Å². The van der Waals surface area contributed by atoms with E-state index in [1.165, 1.54) is 4.31 Å². The molecular weight excluding hydrogens is 226 g/mol. The van der Waals surface area contributed by atoms with Crippen molar-refractivity contribution in [2.45, 2.75) is 13.0 Å². The van der Waals surface area contributed by atoms with Gasteiger partial charge in [0, 0.05) is 31.9 Å². The Morgan fingerprint density at radius 2 is 2.31 bits per heavy atom. The Bertz CT molecular complexity index is 465. The van der Waals surface area contributed by atoms with E-state index in [0.717, 1.165) is 11.8 Å². The molecule has 0 bridgehead atoms. The van der Waals surface area contributed by atoms with Crippen molar-refractivity contribution in [3.8, 4) is 6.07 Å². The first-order chi connectivity index (χ1) is 7.54. The van der Waals surface area contributed by atoms with Crippen molar-refractivity contribution in [3.05, 3.63) is 30.1 Å². The Labute approximate surface area is 95.4 Å². The molecule has 0 N–H and O–H groups in total. The summed E-state index contributed by atoms with van der Waals surface area (Å²) in [6, 6.07) is 5.49. The van der Waals surface area contributed by atoms with Crippen LogP contribution in [0.1, 0.15) is 12.0 Å². The highest BCUT2D eigenvalue weighted by molar-refractivity contribution is 7.88. The molecule has 0 aliphatic carbocycles. The van der Waals surface area contributed by atoms with Crippen LogP contribution in [0.15, 0.2) is 24.5 Å². The second kappa shape index (κ2) is 5.58. The van der Waals surface area contributed by atoms with Crippen molar-refractivity contribution < 1.29 is 8.42 Å². The van der Waals surface area contributed by atoms with Gasteiger partial charge in [0.25, 0.3) is 0 Å². The number of aromatic nitrogens is 1. The maximum Gasteiger partial charge on any atom is 0.211 e. The molecule has 0 fully saturated rings. The van der Waals surface area contributed by atoms with E-state index in [4.69, 9.17) is 5.26 Å². The molecular formula is C10H13N3O2S. The van der Waals surface area contributed by atoms with Crippen LogP contribution >= 0.6 is 0 Å². The smallest absolute Gasteiger partial charge is 0.211 e. The van der Waals surface area contributed by atoms with E-state index >= 15 is 0 Å². The Hall–Kier alpha value is -1.45. The average molecular weight is 239 g/mol. The first-order valence-electron chi connectivity index (χ1n) is 4.75. The molecule has 0 saturated heterocycles. The standard InChI is InChI=1S/C10H13N3O2S/c1-16(14,15)13(7-3-5-11)9-10-4-2-6-12-8-10/h2,4,6,8H,3,7,9H2,1H3.